The molecule has 98 heavy (non-hydrogen) atoms. The Labute approximate surface area is 586 Å². The van der Waals surface area contributed by atoms with E-state index in [2.05, 4.69) is 10.3 Å². The quantitative estimate of drug-likeness (QED) is 0.00875. The van der Waals surface area contributed by atoms with E-state index < -0.39 is 172 Å². The average Bonchev–Trinajstić information content (AvgIpc) is 0.669. The zero-order valence-corrected chi connectivity index (χ0v) is 60.5. The number of pyridine rings is 1. The van der Waals surface area contributed by atoms with E-state index in [1.54, 1.807) is 123 Å². The van der Waals surface area contributed by atoms with E-state index in [1.807, 2.05) is 0 Å². The monoisotopic (exact) mass is 1670 g/mol. The van der Waals surface area contributed by atoms with Crippen LogP contribution in [0.4, 0.5) is 5.69 Å². The maximum absolute atomic E-state index is 15.5. The van der Waals surface area contributed by atoms with Crippen molar-refractivity contribution < 1.29 is 140 Å². The van der Waals surface area contributed by atoms with Crippen molar-refractivity contribution in [1.82, 2.24) is 10.3 Å². The van der Waals surface area contributed by atoms with Crippen LogP contribution in [0, 0.1) is 16.7 Å². The topological polar surface area (TPSA) is 493 Å². The first-order chi connectivity index (χ1) is 45.3. The molecule has 1 unspecified atom stereocenters. The summed E-state index contributed by atoms with van der Waals surface area (Å²) >= 11 is -1.03. The van der Waals surface area contributed by atoms with Gasteiger partial charge in [-0.25, -0.2) is 9.59 Å². The van der Waals surface area contributed by atoms with E-state index in [9.17, 15) is 61.2 Å². The van der Waals surface area contributed by atoms with Crippen molar-refractivity contribution in [3.63, 3.8) is 0 Å². The molecular weight excluding hydrogens is 1590 g/mol. The molecule has 1 aromatic heterocycles. The summed E-state index contributed by atoms with van der Waals surface area (Å²) in [6.45, 7) is 7.52. The number of hydrogen-bond donors (Lipinski definition) is 12. The number of nitrogens with two attached hydrogens (primary N) is 2. The van der Waals surface area contributed by atoms with Gasteiger partial charge in [0.1, 0.15) is 29.6 Å². The second kappa shape index (κ2) is 33.7. The molecule has 1 saturated heterocycles. The van der Waals surface area contributed by atoms with Gasteiger partial charge in [-0.2, -0.15) is 0 Å². The number of carbonyl (C=O) groups excluding carboxylic acids is 7. The molecule has 2 bridgehead atoms. The summed E-state index contributed by atoms with van der Waals surface area (Å²) in [5.41, 5.74) is 3.83. The Kier molecular flexibility index (Phi) is 28.2. The number of esters is 4. The van der Waals surface area contributed by atoms with Gasteiger partial charge in [-0.3, -0.25) is 42.3 Å². The number of aromatic hydroxyl groups is 1. The maximum atomic E-state index is 15.5. The number of aliphatic hydroxyl groups is 4. The van der Waals surface area contributed by atoms with E-state index in [0.29, 0.717) is 15.6 Å². The minimum atomic E-state index is -5.31. The van der Waals surface area contributed by atoms with Crippen LogP contribution < -0.4 is 21.1 Å². The molecule has 0 spiro atoms. The number of ketones is 2. The molecule has 534 valence electrons. The van der Waals surface area contributed by atoms with Crippen LogP contribution in [0.5, 0.6) is 5.75 Å². The van der Waals surface area contributed by atoms with Gasteiger partial charge >= 0.3 is 103 Å². The zero-order chi connectivity index (χ0) is 72.4. The van der Waals surface area contributed by atoms with Gasteiger partial charge in [0.2, 0.25) is 0 Å². The van der Waals surface area contributed by atoms with Crippen molar-refractivity contribution in [2.24, 2.45) is 22.5 Å². The Morgan fingerprint density at radius 3 is 1.88 bits per heavy atom. The summed E-state index contributed by atoms with van der Waals surface area (Å²) in [6.07, 6.45) is -8.34. The number of fused-ring (bicyclic) bond motifs is 5. The SMILES string of the molecule is CC(=O)O[C@H]1C(=O)[C@@]2(C)[C@H]([C@H](OC(=O)c3ccccc3)[C@]3(O)C[C@H](OC(=O)[C@H](O)[C@@H](NC(=O)c4ccccc4)c4ccccc4)C(C)=C1C3(C)C)[C@]1(OC(C)=O)CO[C@@H]1C[C@@H]2O.CS(=O)CC(=O)c1ccccn1.NCCC(O)(P(=O)(O)O)P(=O)(O)O.Nc1cc([As]=O)ccc1O.[Pt]. The number of Topliss-reactive ketones (excluding diaryl/α,β-unsaturated/α-hetero) is 2. The Morgan fingerprint density at radius 1 is 0.847 bits per heavy atom. The fraction of sp³-hybridized carbons (Fsp3) is 0.406. The van der Waals surface area contributed by atoms with Crippen LogP contribution in [0.25, 0.3) is 0 Å². The van der Waals surface area contributed by atoms with Crippen LogP contribution in [0.3, 0.4) is 0 Å². The number of nitrogens with one attached hydrogen (secondary N) is 1. The Balaban J connectivity index is 0.000000388. The van der Waals surface area contributed by atoms with E-state index >= 15 is 4.79 Å². The van der Waals surface area contributed by atoms with E-state index in [0.717, 1.165) is 13.8 Å². The maximum Gasteiger partial charge on any atom is 0 e. The van der Waals surface area contributed by atoms with Crippen molar-refractivity contribution in [3.8, 4) is 5.75 Å². The number of phenolic OH excluding ortho intramolecular Hbond substituents is 1. The number of aliphatic hydroxyl groups excluding tert-OH is 2. The third-order valence-corrected chi connectivity index (χ3v) is 22.9. The number of hydrogen-bond acceptors (Lipinski definition) is 24. The van der Waals surface area contributed by atoms with Gasteiger partial charge in [0, 0.05) is 88.4 Å². The number of benzene rings is 4. The van der Waals surface area contributed by atoms with Crippen molar-refractivity contribution >= 4 is 93.1 Å². The summed E-state index contributed by atoms with van der Waals surface area (Å²) in [4.78, 5) is 133. The number of nitrogen functional groups attached to an aromatic ring is 1. The molecule has 1 aliphatic heterocycles. The number of nitrogens with zero attached hydrogens (tertiary/aromatic N) is 1. The average molecular weight is 1670 g/mol. The van der Waals surface area contributed by atoms with Gasteiger partial charge in [-0.1, -0.05) is 86.6 Å². The molecule has 5 aromatic rings. The summed E-state index contributed by atoms with van der Waals surface area (Å²) in [6, 6.07) is 32.6. The molecule has 2 heterocycles. The molecule has 14 N–H and O–H groups in total. The van der Waals surface area contributed by atoms with Crippen LogP contribution in [-0.2, 0) is 87.6 Å². The summed E-state index contributed by atoms with van der Waals surface area (Å²) in [5.74, 6) is -6.92. The van der Waals surface area contributed by atoms with Gasteiger partial charge in [0.15, 0.2) is 29.4 Å². The number of rotatable bonds is 18. The molecule has 34 heteroatoms. The molecule has 29 nitrogen and oxygen atoms in total. The second-order valence-corrected chi connectivity index (χ2v) is 30.9. The van der Waals surface area contributed by atoms with Crippen LogP contribution in [0.15, 0.2) is 145 Å². The predicted octanol–water partition coefficient (Wildman–Crippen LogP) is 2.36. The van der Waals surface area contributed by atoms with Gasteiger partial charge in [-0.15, -0.1) is 0 Å². The largest absolute Gasteiger partial charge is 0 e. The molecule has 4 aromatic carbocycles. The van der Waals surface area contributed by atoms with Crippen molar-refractivity contribution in [3.05, 3.63) is 167 Å². The van der Waals surface area contributed by atoms with E-state index in [-0.39, 0.29) is 79.3 Å². The van der Waals surface area contributed by atoms with Gasteiger partial charge < -0.3 is 74.7 Å². The number of anilines is 1. The summed E-state index contributed by atoms with van der Waals surface area (Å²) < 4.78 is 73.2. The molecule has 12 atom stereocenters. The van der Waals surface area contributed by atoms with Crippen LogP contribution >= 0.6 is 15.2 Å². The van der Waals surface area contributed by atoms with Crippen molar-refractivity contribution in [1.29, 1.82) is 0 Å². The third kappa shape index (κ3) is 17.9. The Bertz CT molecular complexity index is 3850. The standard InChI is InChI=1S/C47H51NO14.C8H9NO2S.C6H6AsNO2.C3H11NO7P2.Pt/c1-25-31(60-43(56)36(52)35(28-16-10-7-11-17-28)48-41(54)29-18-12-8-13-19-29)23-47(57)40(61-42(55)30-20-14-9-15-21-30)38-45(6,32(51)22-33-46(38,24-58-33)62-27(3)50)39(53)37(59-26(2)49)34(25)44(47,4)5;1-12(11)6-8(10)7-4-2-3-5-9-7;8-5-3-4(7-10)1-2-6(5)9;4-2-1-3(5,12(6,7)8)13(9,10)11;/h7-21,31-33,35-38,40,51-52,57H,22-24H2,1-6H3,(H,48,54);2-5H,6H2,1H3;1-3,9H,8H2;5H,1-2,4H2,(H2,6,7,8)(H2,9,10,11);/t31-,32-,33+,35-,36+,37+,38-,40-,45+,46-,47+;;;;/m0..../s1. The molecular formula is C64H77AsN4O25P2PtS. The van der Waals surface area contributed by atoms with Gasteiger partial charge in [0.25, 0.3) is 11.0 Å². The first-order valence-electron chi connectivity index (χ1n) is 29.7. The minimum Gasteiger partial charge on any atom is 0 e. The van der Waals surface area contributed by atoms with Crippen molar-refractivity contribution in [2.75, 3.05) is 30.9 Å². The second-order valence-electron chi connectivity index (χ2n) is 23.9. The third-order valence-electron chi connectivity index (χ3n) is 17.3. The van der Waals surface area contributed by atoms with Crippen molar-refractivity contribution in [2.45, 2.75) is 120 Å². The number of carbonyl (C=O) groups is 7. The predicted molar refractivity (Wildman–Crippen MR) is 346 cm³/mol. The summed E-state index contributed by atoms with van der Waals surface area (Å²) in [7, 11) is -11.7. The fourth-order valence-corrected chi connectivity index (χ4v) is 15.6. The number of phenols is 1. The van der Waals surface area contributed by atoms with E-state index in [4.69, 9.17) is 64.9 Å². The van der Waals surface area contributed by atoms with Gasteiger partial charge in [-0.05, 0) is 73.5 Å². The molecule has 1 amide bonds. The number of ether oxygens (including phenoxy) is 5. The Hall–Kier alpha value is -6.68. The molecule has 4 aliphatic rings. The first kappa shape index (κ1) is 82.0. The van der Waals surface area contributed by atoms with Crippen LogP contribution in [0.2, 0.25) is 0 Å². The summed E-state index contributed by atoms with van der Waals surface area (Å²) in [5, 5.41) is 54.9. The Morgan fingerprint density at radius 2 is 1.41 bits per heavy atom. The first-order valence-corrected chi connectivity index (χ1v) is 36.3. The van der Waals surface area contributed by atoms with Crippen LogP contribution in [0.1, 0.15) is 104 Å². The molecule has 0 radical (unpaired) electrons. The molecule has 3 fully saturated rings. The zero-order valence-electron chi connectivity index (χ0n) is 53.8. The molecule has 3 aliphatic carbocycles. The smallest absolute Gasteiger partial charge is 0 e. The van der Waals surface area contributed by atoms with Gasteiger partial charge in [0.05, 0.1) is 41.4 Å². The number of aromatic nitrogens is 1. The molecule has 2 saturated carbocycles. The normalized spacial score (nSPS) is 24.6. The molecule has 9 rings (SSSR count). The van der Waals surface area contributed by atoms with E-state index in [1.165, 1.54) is 44.4 Å². The van der Waals surface area contributed by atoms with Crippen LogP contribution in [-0.4, -0.2) is 189 Å². The fourth-order valence-electron chi connectivity index (χ4n) is 12.2. The minimum absolute atomic E-state index is 0. The number of amides is 1.